The molecule has 1 aromatic carbocycles. The lowest BCUT2D eigenvalue weighted by Crippen LogP contribution is -1.94. The highest BCUT2D eigenvalue weighted by Gasteiger charge is 2.11. The zero-order chi connectivity index (χ0) is 15.6. The van der Waals surface area contributed by atoms with Crippen molar-refractivity contribution in [3.8, 4) is 11.3 Å². The molecule has 0 bridgehead atoms. The quantitative estimate of drug-likeness (QED) is 0.624. The summed E-state index contributed by atoms with van der Waals surface area (Å²) in [6, 6.07) is 7.32. The third-order valence-corrected chi connectivity index (χ3v) is 3.44. The highest BCUT2D eigenvalue weighted by molar-refractivity contribution is 6.30. The average Bonchev–Trinajstić information content (AvgIpc) is 3.00. The predicted octanol–water partition coefficient (Wildman–Crippen LogP) is 2.98. The Morgan fingerprint density at radius 3 is 2.61 bits per heavy atom. The van der Waals surface area contributed by atoms with Crippen molar-refractivity contribution < 1.29 is 0 Å². The molecule has 112 valence electrons. The third kappa shape index (κ3) is 2.69. The number of fused-ring (bicyclic) bond motifs is 1. The molecule has 0 aliphatic rings. The largest absolute Gasteiger partial charge is 0.323 e. The lowest BCUT2D eigenvalue weighted by molar-refractivity contribution is 0.951. The van der Waals surface area contributed by atoms with Gasteiger partial charge >= 0.3 is 0 Å². The second kappa shape index (κ2) is 5.62. The van der Waals surface area contributed by atoms with Crippen molar-refractivity contribution in [1.29, 1.82) is 0 Å². The molecule has 3 heterocycles. The predicted molar refractivity (Wildman–Crippen MR) is 86.5 cm³/mol. The summed E-state index contributed by atoms with van der Waals surface area (Å²) < 4.78 is 1.66. The molecule has 0 radical (unpaired) electrons. The summed E-state index contributed by atoms with van der Waals surface area (Å²) in [6.07, 6.45) is 8.26. The summed E-state index contributed by atoms with van der Waals surface area (Å²) in [5, 5.41) is 8.21. The first kappa shape index (κ1) is 13.6. The number of aromatic nitrogens is 6. The van der Waals surface area contributed by atoms with Crippen molar-refractivity contribution in [2.75, 3.05) is 5.32 Å². The molecular weight excluding hydrogens is 314 g/mol. The van der Waals surface area contributed by atoms with E-state index in [-0.39, 0.29) is 0 Å². The molecule has 0 atom stereocenters. The Morgan fingerprint density at radius 1 is 1.04 bits per heavy atom. The van der Waals surface area contributed by atoms with Gasteiger partial charge in [0.15, 0.2) is 5.65 Å². The van der Waals surface area contributed by atoms with Crippen molar-refractivity contribution in [2.45, 2.75) is 0 Å². The third-order valence-electron chi connectivity index (χ3n) is 3.19. The fraction of sp³-hybridized carbons (Fsp3) is 0. The molecule has 0 fully saturated rings. The van der Waals surface area contributed by atoms with E-state index in [2.05, 4.69) is 30.4 Å². The number of hydrogen-bond donors (Lipinski definition) is 1. The van der Waals surface area contributed by atoms with Crippen LogP contribution in [0.25, 0.3) is 16.9 Å². The SMILES string of the molecule is Clc1ccc(Nc2nc3c(-c4cncnc4)nccn3n2)cc1. The molecule has 23 heavy (non-hydrogen) atoms. The number of benzene rings is 1. The Labute approximate surface area is 136 Å². The first-order valence-electron chi connectivity index (χ1n) is 6.79. The molecule has 3 aromatic heterocycles. The van der Waals surface area contributed by atoms with Gasteiger partial charge in [0.2, 0.25) is 5.95 Å². The van der Waals surface area contributed by atoms with Crippen molar-refractivity contribution in [2.24, 2.45) is 0 Å². The van der Waals surface area contributed by atoms with Gasteiger partial charge in [0.25, 0.3) is 0 Å². The normalized spacial score (nSPS) is 10.8. The highest BCUT2D eigenvalue weighted by Crippen LogP contribution is 2.22. The maximum absolute atomic E-state index is 5.88. The van der Waals surface area contributed by atoms with Gasteiger partial charge in [-0.2, -0.15) is 4.98 Å². The highest BCUT2D eigenvalue weighted by atomic mass is 35.5. The number of hydrogen-bond acceptors (Lipinski definition) is 6. The summed E-state index contributed by atoms with van der Waals surface area (Å²) in [5.74, 6) is 0.471. The van der Waals surface area contributed by atoms with Gasteiger partial charge in [0.1, 0.15) is 12.0 Å². The van der Waals surface area contributed by atoms with Crippen LogP contribution in [0.2, 0.25) is 5.02 Å². The lowest BCUT2D eigenvalue weighted by Gasteiger charge is -2.00. The molecular formula is C15H10ClN7. The van der Waals surface area contributed by atoms with Crippen LogP contribution in [0.5, 0.6) is 0 Å². The topological polar surface area (TPSA) is 80.9 Å². The second-order valence-electron chi connectivity index (χ2n) is 4.74. The summed E-state index contributed by atoms with van der Waals surface area (Å²) >= 11 is 5.88. The van der Waals surface area contributed by atoms with Gasteiger partial charge in [0.05, 0.1) is 0 Å². The number of rotatable bonds is 3. The molecule has 0 aliphatic carbocycles. The molecule has 4 rings (SSSR count). The minimum absolute atomic E-state index is 0.471. The summed E-state index contributed by atoms with van der Waals surface area (Å²) in [7, 11) is 0. The van der Waals surface area contributed by atoms with Crippen molar-refractivity contribution >= 4 is 28.9 Å². The fourth-order valence-corrected chi connectivity index (χ4v) is 2.28. The van der Waals surface area contributed by atoms with Gasteiger partial charge in [0, 0.05) is 41.1 Å². The minimum atomic E-state index is 0.471. The van der Waals surface area contributed by atoms with Gasteiger partial charge < -0.3 is 5.32 Å². The van der Waals surface area contributed by atoms with E-state index >= 15 is 0 Å². The van der Waals surface area contributed by atoms with Gasteiger partial charge in [-0.25, -0.2) is 14.5 Å². The molecule has 0 saturated carbocycles. The van der Waals surface area contributed by atoms with E-state index in [9.17, 15) is 0 Å². The van der Waals surface area contributed by atoms with Gasteiger partial charge in [-0.15, -0.1) is 5.10 Å². The van der Waals surface area contributed by atoms with Crippen LogP contribution in [0.3, 0.4) is 0 Å². The molecule has 0 aliphatic heterocycles. The zero-order valence-corrected chi connectivity index (χ0v) is 12.5. The van der Waals surface area contributed by atoms with Crippen LogP contribution in [0.4, 0.5) is 11.6 Å². The number of nitrogens with zero attached hydrogens (tertiary/aromatic N) is 6. The number of nitrogens with one attached hydrogen (secondary N) is 1. The van der Waals surface area contributed by atoms with Crippen LogP contribution in [0.1, 0.15) is 0 Å². The molecule has 0 amide bonds. The van der Waals surface area contributed by atoms with Crippen LogP contribution in [0, 0.1) is 0 Å². The number of anilines is 2. The van der Waals surface area contributed by atoms with Crippen molar-refractivity contribution in [1.82, 2.24) is 29.5 Å². The van der Waals surface area contributed by atoms with Gasteiger partial charge in [-0.3, -0.25) is 4.98 Å². The Bertz CT molecular complexity index is 951. The van der Waals surface area contributed by atoms with E-state index in [1.807, 2.05) is 12.1 Å². The monoisotopic (exact) mass is 323 g/mol. The molecule has 0 saturated heterocycles. The van der Waals surface area contributed by atoms with Crippen LogP contribution in [-0.2, 0) is 0 Å². The second-order valence-corrected chi connectivity index (χ2v) is 5.17. The fourth-order valence-electron chi connectivity index (χ4n) is 2.16. The Morgan fingerprint density at radius 2 is 1.83 bits per heavy atom. The summed E-state index contributed by atoms with van der Waals surface area (Å²) in [5.41, 5.74) is 2.93. The van der Waals surface area contributed by atoms with E-state index in [1.54, 1.807) is 41.4 Å². The van der Waals surface area contributed by atoms with Crippen LogP contribution < -0.4 is 5.32 Å². The molecule has 8 heteroatoms. The Hall–Kier alpha value is -3.06. The van der Waals surface area contributed by atoms with E-state index in [4.69, 9.17) is 11.6 Å². The van der Waals surface area contributed by atoms with Crippen LogP contribution in [-0.4, -0.2) is 29.5 Å². The zero-order valence-electron chi connectivity index (χ0n) is 11.8. The van der Waals surface area contributed by atoms with Crippen molar-refractivity contribution in [3.63, 3.8) is 0 Å². The minimum Gasteiger partial charge on any atom is -0.323 e. The van der Waals surface area contributed by atoms with Gasteiger partial charge in [-0.05, 0) is 24.3 Å². The lowest BCUT2D eigenvalue weighted by atomic mass is 10.2. The maximum Gasteiger partial charge on any atom is 0.247 e. The first-order chi connectivity index (χ1) is 11.3. The van der Waals surface area contributed by atoms with E-state index < -0.39 is 0 Å². The van der Waals surface area contributed by atoms with Gasteiger partial charge in [-0.1, -0.05) is 11.6 Å². The van der Waals surface area contributed by atoms with E-state index in [1.165, 1.54) is 6.33 Å². The average molecular weight is 324 g/mol. The first-order valence-corrected chi connectivity index (χ1v) is 7.17. The number of halogens is 1. The molecule has 0 unspecified atom stereocenters. The molecule has 4 aromatic rings. The summed E-state index contributed by atoms with van der Waals surface area (Å²) in [4.78, 5) is 16.9. The van der Waals surface area contributed by atoms with E-state index in [0.29, 0.717) is 22.3 Å². The molecule has 1 N–H and O–H groups in total. The molecule has 0 spiro atoms. The van der Waals surface area contributed by atoms with Crippen LogP contribution >= 0.6 is 11.6 Å². The Kier molecular flexibility index (Phi) is 3.32. The standard InChI is InChI=1S/C15H10ClN7/c16-11-1-3-12(4-2-11)20-15-21-14-13(10-7-17-9-18-8-10)19-5-6-23(14)22-15/h1-9H,(H,20,22). The van der Waals surface area contributed by atoms with E-state index in [0.717, 1.165) is 11.3 Å². The Balaban J connectivity index is 1.75. The smallest absolute Gasteiger partial charge is 0.247 e. The van der Waals surface area contributed by atoms with Crippen molar-refractivity contribution in [3.05, 3.63) is 60.4 Å². The summed E-state index contributed by atoms with van der Waals surface area (Å²) in [6.45, 7) is 0. The maximum atomic E-state index is 5.88. The molecule has 7 nitrogen and oxygen atoms in total. The van der Waals surface area contributed by atoms with Crippen LogP contribution in [0.15, 0.2) is 55.4 Å².